The number of amides is 1. The van der Waals surface area contributed by atoms with Gasteiger partial charge in [0.2, 0.25) is 0 Å². The zero-order valence-corrected chi connectivity index (χ0v) is 18.0. The van der Waals surface area contributed by atoms with Crippen LogP contribution in [-0.2, 0) is 11.3 Å². The van der Waals surface area contributed by atoms with E-state index in [2.05, 4.69) is 9.72 Å². The summed E-state index contributed by atoms with van der Waals surface area (Å²) in [5, 5.41) is 0. The number of nitrogen functional groups attached to an aromatic ring is 1. The molecular weight excluding hydrogens is 457 g/mol. The number of nitrogens with two attached hydrogens (primary N) is 1. The van der Waals surface area contributed by atoms with Gasteiger partial charge in [-0.1, -0.05) is 30.3 Å². The molecule has 0 bridgehead atoms. The van der Waals surface area contributed by atoms with Crippen LogP contribution in [0.3, 0.4) is 0 Å². The molecule has 3 aromatic rings. The van der Waals surface area contributed by atoms with E-state index in [-0.39, 0.29) is 36.8 Å². The summed E-state index contributed by atoms with van der Waals surface area (Å²) in [5.41, 5.74) is 4.93. The largest absolute Gasteiger partial charge is 0.573 e. The minimum absolute atomic E-state index is 0.0116. The summed E-state index contributed by atoms with van der Waals surface area (Å²) in [4.78, 5) is 41.5. The van der Waals surface area contributed by atoms with Crippen LogP contribution in [0.15, 0.2) is 64.2 Å². The van der Waals surface area contributed by atoms with Crippen LogP contribution < -0.4 is 26.6 Å². The van der Waals surface area contributed by atoms with Crippen molar-refractivity contribution < 1.29 is 27.4 Å². The monoisotopic (exact) mass is 478 g/mol. The molecule has 0 atom stereocenters. The van der Waals surface area contributed by atoms with Crippen LogP contribution in [0.4, 0.5) is 24.7 Å². The van der Waals surface area contributed by atoms with Gasteiger partial charge in [-0.05, 0) is 29.8 Å². The lowest BCUT2D eigenvalue weighted by Crippen LogP contribution is -2.42. The van der Waals surface area contributed by atoms with Gasteiger partial charge in [-0.15, -0.1) is 13.2 Å². The van der Waals surface area contributed by atoms with E-state index in [1.54, 1.807) is 30.3 Å². The molecule has 1 aromatic heterocycles. The van der Waals surface area contributed by atoms with E-state index in [9.17, 15) is 27.6 Å². The maximum absolute atomic E-state index is 13.2. The number of carbonyl (C=O) groups is 1. The molecule has 0 aliphatic carbocycles. The van der Waals surface area contributed by atoms with Crippen molar-refractivity contribution in [2.75, 3.05) is 30.9 Å². The van der Waals surface area contributed by atoms with Crippen molar-refractivity contribution in [2.24, 2.45) is 0 Å². The molecule has 3 rings (SSSR count). The molecule has 12 heteroatoms. The van der Waals surface area contributed by atoms with E-state index in [1.165, 1.54) is 7.11 Å². The summed E-state index contributed by atoms with van der Waals surface area (Å²) in [5.74, 6) is -1.50. The number of rotatable bonds is 8. The Kier molecular flexibility index (Phi) is 7.41. The molecule has 34 heavy (non-hydrogen) atoms. The quantitative estimate of drug-likeness (QED) is 0.513. The van der Waals surface area contributed by atoms with Gasteiger partial charge < -0.3 is 15.2 Å². The summed E-state index contributed by atoms with van der Waals surface area (Å²) in [6.45, 7) is -0.0737. The minimum atomic E-state index is -4.88. The number of nitrogens with one attached hydrogen (secondary N) is 1. The van der Waals surface area contributed by atoms with Gasteiger partial charge in [-0.3, -0.25) is 24.0 Å². The lowest BCUT2D eigenvalue weighted by Gasteiger charge is -2.24. The maximum Gasteiger partial charge on any atom is 0.573 e. The Labute approximate surface area is 191 Å². The molecule has 0 saturated heterocycles. The topological polar surface area (TPSA) is 120 Å². The van der Waals surface area contributed by atoms with Crippen LogP contribution in [0, 0.1) is 0 Å². The van der Waals surface area contributed by atoms with Gasteiger partial charge in [0.15, 0.2) is 5.69 Å². The third-order valence-electron chi connectivity index (χ3n) is 4.77. The van der Waals surface area contributed by atoms with E-state index >= 15 is 0 Å². The van der Waals surface area contributed by atoms with Gasteiger partial charge in [0.25, 0.3) is 11.5 Å². The van der Waals surface area contributed by atoms with Crippen molar-refractivity contribution in [3.63, 3.8) is 0 Å². The molecule has 3 N–H and O–H groups in total. The number of halogens is 3. The Hall–Kier alpha value is -4.06. The van der Waals surface area contributed by atoms with Crippen LogP contribution in [0.5, 0.6) is 5.75 Å². The van der Waals surface area contributed by atoms with E-state index < -0.39 is 29.3 Å². The fourth-order valence-corrected chi connectivity index (χ4v) is 3.21. The molecule has 1 heterocycles. The highest BCUT2D eigenvalue weighted by molar-refractivity contribution is 6.07. The number of hydrogen-bond donors (Lipinski definition) is 2. The predicted molar refractivity (Wildman–Crippen MR) is 118 cm³/mol. The number of anilines is 2. The van der Waals surface area contributed by atoms with Gasteiger partial charge >= 0.3 is 12.1 Å². The summed E-state index contributed by atoms with van der Waals surface area (Å²) in [6, 6.07) is 13.0. The molecule has 0 aliphatic heterocycles. The number of alkyl halides is 3. The van der Waals surface area contributed by atoms with Crippen molar-refractivity contribution >= 4 is 17.4 Å². The molecule has 2 aromatic carbocycles. The summed E-state index contributed by atoms with van der Waals surface area (Å²) in [6.07, 6.45) is -4.88. The number of nitrogens with zero attached hydrogens (tertiary/aromatic N) is 2. The third-order valence-corrected chi connectivity index (χ3v) is 4.77. The van der Waals surface area contributed by atoms with E-state index in [0.29, 0.717) is 0 Å². The summed E-state index contributed by atoms with van der Waals surface area (Å²) in [7, 11) is 1.38. The van der Waals surface area contributed by atoms with Crippen molar-refractivity contribution in [3.8, 4) is 5.75 Å². The smallest absolute Gasteiger partial charge is 0.406 e. The van der Waals surface area contributed by atoms with Gasteiger partial charge in [0.05, 0.1) is 13.2 Å². The fourth-order valence-electron chi connectivity index (χ4n) is 3.21. The highest BCUT2D eigenvalue weighted by Gasteiger charge is 2.31. The first-order valence-corrected chi connectivity index (χ1v) is 9.94. The number of aromatic amines is 1. The van der Waals surface area contributed by atoms with Crippen LogP contribution in [0.25, 0.3) is 0 Å². The lowest BCUT2D eigenvalue weighted by atomic mass is 10.1. The number of carbonyl (C=O) groups excluding carboxylic acids is 1. The van der Waals surface area contributed by atoms with Crippen LogP contribution in [0.1, 0.15) is 15.9 Å². The zero-order chi connectivity index (χ0) is 24.9. The van der Waals surface area contributed by atoms with Gasteiger partial charge in [-0.25, -0.2) is 4.79 Å². The predicted octanol–water partition coefficient (Wildman–Crippen LogP) is 2.36. The molecule has 0 saturated carbocycles. The summed E-state index contributed by atoms with van der Waals surface area (Å²) < 4.78 is 47.2. The number of H-pyrrole nitrogens is 1. The first kappa shape index (κ1) is 24.6. The Bertz CT molecular complexity index is 1250. The van der Waals surface area contributed by atoms with Crippen LogP contribution in [-0.4, -0.2) is 42.1 Å². The second-order valence-electron chi connectivity index (χ2n) is 7.09. The van der Waals surface area contributed by atoms with E-state index in [0.717, 1.165) is 39.3 Å². The Morgan fingerprint density at radius 3 is 2.32 bits per heavy atom. The molecule has 0 aliphatic rings. The Morgan fingerprint density at radius 1 is 1.09 bits per heavy atom. The van der Waals surface area contributed by atoms with E-state index in [1.807, 2.05) is 0 Å². The number of hydrogen-bond acceptors (Lipinski definition) is 6. The molecule has 0 fully saturated rings. The second-order valence-corrected chi connectivity index (χ2v) is 7.09. The highest BCUT2D eigenvalue weighted by Crippen LogP contribution is 2.24. The number of benzene rings is 2. The molecule has 0 unspecified atom stereocenters. The van der Waals surface area contributed by atoms with Crippen molar-refractivity contribution in [1.82, 2.24) is 9.55 Å². The first-order chi connectivity index (χ1) is 16.1. The van der Waals surface area contributed by atoms with Gasteiger partial charge in [0, 0.05) is 19.2 Å². The number of aromatic nitrogens is 2. The molecule has 180 valence electrons. The molecule has 9 nitrogen and oxygen atoms in total. The second kappa shape index (κ2) is 10.3. The fraction of sp³-hybridized carbons (Fsp3) is 0.227. The average molecular weight is 478 g/mol. The minimum Gasteiger partial charge on any atom is -0.406 e. The van der Waals surface area contributed by atoms with Crippen molar-refractivity contribution in [1.29, 1.82) is 0 Å². The molecule has 0 spiro atoms. The highest BCUT2D eigenvalue weighted by atomic mass is 19.4. The standard InChI is InChI=1S/C22H21F3N4O5/c1-33-12-11-28(20(31)15-7-9-16(10-8-15)34-22(23,24)25)17-18(26)29(21(32)27-19(17)30)13-14-5-3-2-4-6-14/h2-10H,11-13,26H2,1H3,(H,27,30,32). The maximum atomic E-state index is 13.2. The Balaban J connectivity index is 2.02. The summed E-state index contributed by atoms with van der Waals surface area (Å²) >= 11 is 0. The van der Waals surface area contributed by atoms with Crippen molar-refractivity contribution in [2.45, 2.75) is 12.9 Å². The SMILES string of the molecule is COCCN(C(=O)c1ccc(OC(F)(F)F)cc1)c1c(N)n(Cc2ccccc2)c(=O)[nH]c1=O. The van der Waals surface area contributed by atoms with Crippen LogP contribution in [0.2, 0.25) is 0 Å². The normalized spacial score (nSPS) is 11.3. The van der Waals surface area contributed by atoms with Crippen molar-refractivity contribution in [3.05, 3.63) is 86.6 Å². The lowest BCUT2D eigenvalue weighted by molar-refractivity contribution is -0.274. The van der Waals surface area contributed by atoms with Crippen LogP contribution >= 0.6 is 0 Å². The zero-order valence-electron chi connectivity index (χ0n) is 18.0. The number of methoxy groups -OCH3 is 1. The third kappa shape index (κ3) is 5.84. The van der Waals surface area contributed by atoms with E-state index in [4.69, 9.17) is 10.5 Å². The molecular formula is C22H21F3N4O5. The number of ether oxygens (including phenoxy) is 2. The first-order valence-electron chi connectivity index (χ1n) is 9.94. The average Bonchev–Trinajstić information content (AvgIpc) is 2.78. The molecule has 1 amide bonds. The van der Waals surface area contributed by atoms with Gasteiger partial charge in [-0.2, -0.15) is 0 Å². The molecule has 0 radical (unpaired) electrons. The van der Waals surface area contributed by atoms with Gasteiger partial charge in [0.1, 0.15) is 11.6 Å². The Morgan fingerprint density at radius 2 is 1.74 bits per heavy atom.